The summed E-state index contributed by atoms with van der Waals surface area (Å²) in [6.07, 6.45) is -0.363. The van der Waals surface area contributed by atoms with E-state index in [0.29, 0.717) is 0 Å². The summed E-state index contributed by atoms with van der Waals surface area (Å²) < 4.78 is 27.3. The molecule has 1 rings (SSSR count). The van der Waals surface area contributed by atoms with E-state index < -0.39 is 34.6 Å². The minimum Gasteiger partial charge on any atom is -0.481 e. The van der Waals surface area contributed by atoms with Gasteiger partial charge in [0, 0.05) is 10.0 Å². The third-order valence-corrected chi connectivity index (χ3v) is 2.74. The molecule has 0 bridgehead atoms. The highest BCUT2D eigenvalue weighted by atomic mass is 79.9. The minimum absolute atomic E-state index is 0.170. The van der Waals surface area contributed by atoms with Gasteiger partial charge in [-0.05, 0) is 26.0 Å². The Kier molecular flexibility index (Phi) is 4.62. The monoisotopic (exact) mass is 335 g/mol. The Morgan fingerprint density at radius 2 is 1.79 bits per heavy atom. The van der Waals surface area contributed by atoms with Gasteiger partial charge in [-0.25, -0.2) is 8.78 Å². The van der Waals surface area contributed by atoms with E-state index in [1.165, 1.54) is 13.8 Å². The number of aliphatic carboxylic acids is 1. The summed E-state index contributed by atoms with van der Waals surface area (Å²) in [6, 6.07) is 1.92. The van der Waals surface area contributed by atoms with Crippen molar-refractivity contribution >= 4 is 27.8 Å². The van der Waals surface area contributed by atoms with Crippen molar-refractivity contribution in [2.24, 2.45) is 0 Å². The Morgan fingerprint density at radius 1 is 1.32 bits per heavy atom. The van der Waals surface area contributed by atoms with E-state index in [9.17, 15) is 18.4 Å². The quantitative estimate of drug-likeness (QED) is 0.889. The van der Waals surface area contributed by atoms with Crippen LogP contribution in [0.25, 0.3) is 0 Å². The average molecular weight is 336 g/mol. The molecule has 0 spiro atoms. The predicted molar refractivity (Wildman–Crippen MR) is 67.9 cm³/mol. The van der Waals surface area contributed by atoms with E-state index in [0.717, 1.165) is 12.1 Å². The first-order valence-corrected chi connectivity index (χ1v) is 6.10. The Bertz CT molecular complexity index is 509. The molecule has 0 fully saturated rings. The van der Waals surface area contributed by atoms with Crippen molar-refractivity contribution in [2.75, 3.05) is 0 Å². The first kappa shape index (κ1) is 15.6. The lowest BCUT2D eigenvalue weighted by Crippen LogP contribution is -2.45. The van der Waals surface area contributed by atoms with Crippen LogP contribution in [0.1, 0.15) is 30.6 Å². The van der Waals surface area contributed by atoms with E-state index in [1.54, 1.807) is 0 Å². The molecule has 0 heterocycles. The summed E-state index contributed by atoms with van der Waals surface area (Å²) in [5, 5.41) is 11.0. The van der Waals surface area contributed by atoms with Crippen molar-refractivity contribution in [3.8, 4) is 0 Å². The second-order valence-corrected chi connectivity index (χ2v) is 5.57. The first-order chi connectivity index (χ1) is 8.62. The number of halogens is 3. The lowest BCUT2D eigenvalue weighted by atomic mass is 10.00. The summed E-state index contributed by atoms with van der Waals surface area (Å²) in [7, 11) is 0. The zero-order valence-corrected chi connectivity index (χ0v) is 11.8. The van der Waals surface area contributed by atoms with Crippen molar-refractivity contribution in [3.05, 3.63) is 33.8 Å². The third-order valence-electron chi connectivity index (χ3n) is 2.28. The number of nitrogens with one attached hydrogen (secondary N) is 1. The molecule has 1 aromatic rings. The molecule has 0 aliphatic rings. The normalized spacial score (nSPS) is 11.2. The molecule has 0 radical (unpaired) electrons. The Balaban J connectivity index is 2.99. The molecule has 4 nitrogen and oxygen atoms in total. The highest BCUT2D eigenvalue weighted by Crippen LogP contribution is 2.20. The second kappa shape index (κ2) is 5.64. The van der Waals surface area contributed by atoms with Crippen LogP contribution in [0.3, 0.4) is 0 Å². The second-order valence-electron chi connectivity index (χ2n) is 4.65. The van der Waals surface area contributed by atoms with Crippen LogP contribution >= 0.6 is 15.9 Å². The third kappa shape index (κ3) is 4.27. The maximum Gasteiger partial charge on any atom is 0.305 e. The van der Waals surface area contributed by atoms with Gasteiger partial charge in [0.25, 0.3) is 5.91 Å². The topological polar surface area (TPSA) is 66.4 Å². The van der Waals surface area contributed by atoms with Gasteiger partial charge >= 0.3 is 5.97 Å². The van der Waals surface area contributed by atoms with Crippen LogP contribution < -0.4 is 5.32 Å². The van der Waals surface area contributed by atoms with Crippen molar-refractivity contribution in [3.63, 3.8) is 0 Å². The van der Waals surface area contributed by atoms with E-state index in [-0.39, 0.29) is 10.9 Å². The number of benzene rings is 1. The van der Waals surface area contributed by atoms with E-state index in [2.05, 4.69) is 21.2 Å². The van der Waals surface area contributed by atoms with Gasteiger partial charge in [-0.1, -0.05) is 15.9 Å². The smallest absolute Gasteiger partial charge is 0.305 e. The van der Waals surface area contributed by atoms with Crippen LogP contribution in [0.4, 0.5) is 8.78 Å². The maximum absolute atomic E-state index is 13.6. The highest BCUT2D eigenvalue weighted by Gasteiger charge is 2.27. The fourth-order valence-corrected chi connectivity index (χ4v) is 1.95. The average Bonchev–Trinajstić information content (AvgIpc) is 2.10. The van der Waals surface area contributed by atoms with Crippen molar-refractivity contribution in [1.82, 2.24) is 5.32 Å². The molecular weight excluding hydrogens is 324 g/mol. The van der Waals surface area contributed by atoms with Crippen LogP contribution in [-0.2, 0) is 4.79 Å². The summed E-state index contributed by atoms with van der Waals surface area (Å²) in [5.74, 6) is -4.15. The van der Waals surface area contributed by atoms with Crippen LogP contribution in [0.5, 0.6) is 0 Å². The van der Waals surface area contributed by atoms with Gasteiger partial charge < -0.3 is 10.4 Å². The van der Waals surface area contributed by atoms with Crippen LogP contribution in [0.2, 0.25) is 0 Å². The highest BCUT2D eigenvalue weighted by molar-refractivity contribution is 9.10. The molecule has 1 amide bonds. The van der Waals surface area contributed by atoms with E-state index >= 15 is 0 Å². The van der Waals surface area contributed by atoms with Gasteiger partial charge in [-0.15, -0.1) is 0 Å². The summed E-state index contributed by atoms with van der Waals surface area (Å²) in [6.45, 7) is 2.90. The maximum atomic E-state index is 13.6. The number of hydrogen-bond donors (Lipinski definition) is 2. The number of carbonyl (C=O) groups is 2. The number of carboxylic acid groups (broad SMARTS) is 1. The van der Waals surface area contributed by atoms with Crippen molar-refractivity contribution in [1.29, 1.82) is 0 Å². The molecule has 0 atom stereocenters. The molecule has 1 aromatic carbocycles. The number of hydrogen-bond acceptors (Lipinski definition) is 2. The predicted octanol–water partition coefficient (Wildman–Crippen LogP) is 2.71. The largest absolute Gasteiger partial charge is 0.481 e. The van der Waals surface area contributed by atoms with E-state index in [4.69, 9.17) is 5.11 Å². The van der Waals surface area contributed by atoms with Crippen LogP contribution in [0.15, 0.2) is 16.6 Å². The number of amides is 1. The molecule has 104 valence electrons. The molecule has 2 N–H and O–H groups in total. The fourth-order valence-electron chi connectivity index (χ4n) is 1.55. The molecule has 0 saturated carbocycles. The molecule has 0 unspecified atom stereocenters. The zero-order valence-electron chi connectivity index (χ0n) is 10.3. The molecule has 0 saturated heterocycles. The summed E-state index contributed by atoms with van der Waals surface area (Å²) >= 11 is 2.90. The number of carbonyl (C=O) groups excluding carboxylic acids is 1. The summed E-state index contributed by atoms with van der Waals surface area (Å²) in [4.78, 5) is 22.4. The van der Waals surface area contributed by atoms with Gasteiger partial charge in [0.2, 0.25) is 0 Å². The lowest BCUT2D eigenvalue weighted by molar-refractivity contribution is -0.138. The van der Waals surface area contributed by atoms with Gasteiger partial charge in [0.05, 0.1) is 6.42 Å². The summed E-state index contributed by atoms with van der Waals surface area (Å²) in [5.41, 5.74) is -1.85. The number of rotatable bonds is 4. The molecule has 19 heavy (non-hydrogen) atoms. The van der Waals surface area contributed by atoms with Gasteiger partial charge in [-0.2, -0.15) is 0 Å². The Labute approximate surface area is 116 Å². The number of carboxylic acids is 1. The standard InChI is InChI=1S/C12H12BrF2NO3/c1-12(2,5-9(17)18)16-11(19)10-7(14)3-6(13)4-8(10)15/h3-4H,5H2,1-2H3,(H,16,19)(H,17,18). The molecular formula is C12H12BrF2NO3. The van der Waals surface area contributed by atoms with Gasteiger partial charge in [-0.3, -0.25) is 9.59 Å². The zero-order chi connectivity index (χ0) is 14.8. The minimum atomic E-state index is -1.12. The molecule has 0 aliphatic carbocycles. The molecule has 0 aliphatic heterocycles. The molecule has 0 aromatic heterocycles. The lowest BCUT2D eigenvalue weighted by Gasteiger charge is -2.24. The van der Waals surface area contributed by atoms with Crippen LogP contribution in [-0.4, -0.2) is 22.5 Å². The van der Waals surface area contributed by atoms with Crippen LogP contribution in [0, 0.1) is 11.6 Å². The first-order valence-electron chi connectivity index (χ1n) is 5.31. The SMILES string of the molecule is CC(C)(CC(=O)O)NC(=O)c1c(F)cc(Br)cc1F. The fraction of sp³-hybridized carbons (Fsp3) is 0.333. The van der Waals surface area contributed by atoms with Gasteiger partial charge in [0.1, 0.15) is 17.2 Å². The Hall–Kier alpha value is -1.50. The Morgan fingerprint density at radius 3 is 2.21 bits per heavy atom. The van der Waals surface area contributed by atoms with E-state index in [1.807, 2.05) is 0 Å². The van der Waals surface area contributed by atoms with Gasteiger partial charge in [0.15, 0.2) is 0 Å². The van der Waals surface area contributed by atoms with Crippen molar-refractivity contribution in [2.45, 2.75) is 25.8 Å². The van der Waals surface area contributed by atoms with Crippen molar-refractivity contribution < 1.29 is 23.5 Å². The molecule has 7 heteroatoms.